The van der Waals surface area contributed by atoms with Gasteiger partial charge in [-0.3, -0.25) is 4.79 Å². The van der Waals surface area contributed by atoms with E-state index in [2.05, 4.69) is 36.2 Å². The number of rotatable bonds is 5. The third-order valence-corrected chi connectivity index (χ3v) is 3.13. The van der Waals surface area contributed by atoms with E-state index in [1.54, 1.807) is 6.92 Å². The molecule has 2 nitrogen and oxygen atoms in total. The van der Waals surface area contributed by atoms with Crippen LogP contribution in [0.15, 0.2) is 78.9 Å². The Morgan fingerprint density at radius 1 is 1.00 bits per heavy atom. The first-order valence-electron chi connectivity index (χ1n) is 6.93. The van der Waals surface area contributed by atoms with Crippen LogP contribution in [-0.2, 0) is 4.79 Å². The lowest BCUT2D eigenvalue weighted by molar-refractivity contribution is -0.117. The van der Waals surface area contributed by atoms with Crippen molar-refractivity contribution < 1.29 is 4.79 Å². The highest BCUT2D eigenvalue weighted by atomic mass is 16.1. The molecular weight excluding hydrogens is 258 g/mol. The van der Waals surface area contributed by atoms with Crippen molar-refractivity contribution >= 4 is 11.5 Å². The molecule has 2 aromatic rings. The van der Waals surface area contributed by atoms with Crippen molar-refractivity contribution in [3.05, 3.63) is 90.0 Å². The van der Waals surface area contributed by atoms with Crippen molar-refractivity contribution in [3.8, 4) is 0 Å². The van der Waals surface area contributed by atoms with E-state index in [1.165, 1.54) is 0 Å². The van der Waals surface area contributed by atoms with Gasteiger partial charge in [-0.15, -0.1) is 0 Å². The molecule has 1 N–H and O–H groups in total. The third kappa shape index (κ3) is 4.18. The lowest BCUT2D eigenvalue weighted by atomic mass is 9.97. The second kappa shape index (κ2) is 7.25. The molecule has 2 aromatic carbocycles. The van der Waals surface area contributed by atoms with Crippen LogP contribution in [0, 0.1) is 0 Å². The summed E-state index contributed by atoms with van der Waals surface area (Å²) >= 11 is 0. The fraction of sp³-hybridized carbons (Fsp3) is 0.105. The molecule has 0 aliphatic carbocycles. The Kier molecular flexibility index (Phi) is 5.10. The minimum absolute atomic E-state index is 0.119. The Morgan fingerprint density at radius 3 is 1.90 bits per heavy atom. The Balaban J connectivity index is 2.25. The zero-order valence-corrected chi connectivity index (χ0v) is 12.2. The fourth-order valence-corrected chi connectivity index (χ4v) is 2.03. The van der Waals surface area contributed by atoms with E-state index in [0.29, 0.717) is 12.1 Å². The zero-order chi connectivity index (χ0) is 15.1. The van der Waals surface area contributed by atoms with Crippen LogP contribution in [0.1, 0.15) is 18.1 Å². The van der Waals surface area contributed by atoms with Crippen molar-refractivity contribution in [2.45, 2.75) is 6.92 Å². The second-order valence-electron chi connectivity index (χ2n) is 4.84. The van der Waals surface area contributed by atoms with Crippen LogP contribution in [-0.4, -0.2) is 12.5 Å². The molecule has 0 aliphatic heterocycles. The van der Waals surface area contributed by atoms with Crippen LogP contribution in [0.5, 0.6) is 0 Å². The van der Waals surface area contributed by atoms with Gasteiger partial charge in [0.25, 0.3) is 0 Å². The average molecular weight is 277 g/mol. The van der Waals surface area contributed by atoms with Gasteiger partial charge in [0.2, 0.25) is 5.91 Å². The van der Waals surface area contributed by atoms with E-state index < -0.39 is 0 Å². The summed E-state index contributed by atoms with van der Waals surface area (Å²) in [7, 11) is 0. The molecule has 0 fully saturated rings. The summed E-state index contributed by atoms with van der Waals surface area (Å²) in [6.07, 6.45) is 2.03. The molecule has 106 valence electrons. The number of hydrogen-bond donors (Lipinski definition) is 1. The smallest absolute Gasteiger partial charge is 0.246 e. The summed E-state index contributed by atoms with van der Waals surface area (Å²) in [5.74, 6) is -0.119. The van der Waals surface area contributed by atoms with E-state index in [9.17, 15) is 4.79 Å². The van der Waals surface area contributed by atoms with Crippen molar-refractivity contribution in [1.29, 1.82) is 0 Å². The monoisotopic (exact) mass is 277 g/mol. The highest BCUT2D eigenvalue weighted by Gasteiger charge is 2.04. The number of carbonyl (C=O) groups excluding carboxylic acids is 1. The lowest BCUT2D eigenvalue weighted by Gasteiger charge is -2.09. The Labute approximate surface area is 125 Å². The largest absolute Gasteiger partial charge is 0.349 e. The normalized spacial score (nSPS) is 9.76. The van der Waals surface area contributed by atoms with Crippen LogP contribution in [0.4, 0.5) is 0 Å². The molecule has 0 bridgehead atoms. The van der Waals surface area contributed by atoms with Crippen LogP contribution in [0.2, 0.25) is 0 Å². The van der Waals surface area contributed by atoms with Crippen molar-refractivity contribution in [2.75, 3.05) is 6.54 Å². The van der Waals surface area contributed by atoms with Crippen molar-refractivity contribution in [1.82, 2.24) is 5.32 Å². The van der Waals surface area contributed by atoms with Gasteiger partial charge in [0.15, 0.2) is 0 Å². The molecule has 0 aliphatic rings. The van der Waals surface area contributed by atoms with Gasteiger partial charge in [-0.2, -0.15) is 0 Å². The standard InChI is InChI=1S/C19H19NO/c1-15(2)19(21)20-14-13-18(16-9-5-3-6-10-16)17-11-7-4-8-12-17/h3-13H,1,14H2,2H3,(H,20,21). The molecule has 0 radical (unpaired) electrons. The van der Waals surface area contributed by atoms with Gasteiger partial charge in [0.1, 0.15) is 0 Å². The van der Waals surface area contributed by atoms with Gasteiger partial charge in [0.05, 0.1) is 0 Å². The first-order chi connectivity index (χ1) is 10.2. The molecular formula is C19H19NO. The van der Waals surface area contributed by atoms with E-state index in [1.807, 2.05) is 42.5 Å². The van der Waals surface area contributed by atoms with Crippen LogP contribution in [0.25, 0.3) is 5.57 Å². The van der Waals surface area contributed by atoms with Crippen molar-refractivity contribution in [2.24, 2.45) is 0 Å². The topological polar surface area (TPSA) is 29.1 Å². The maximum atomic E-state index is 11.6. The van der Waals surface area contributed by atoms with E-state index in [4.69, 9.17) is 0 Å². The predicted octanol–water partition coefficient (Wildman–Crippen LogP) is 3.81. The SMILES string of the molecule is C=C(C)C(=O)NCC=C(c1ccccc1)c1ccccc1. The minimum Gasteiger partial charge on any atom is -0.349 e. The molecule has 21 heavy (non-hydrogen) atoms. The molecule has 0 unspecified atom stereocenters. The summed E-state index contributed by atoms with van der Waals surface area (Å²) in [4.78, 5) is 11.6. The molecule has 0 heterocycles. The summed E-state index contributed by atoms with van der Waals surface area (Å²) in [6, 6.07) is 20.3. The van der Waals surface area contributed by atoms with Crippen LogP contribution < -0.4 is 5.32 Å². The quantitative estimate of drug-likeness (QED) is 0.827. The molecule has 0 saturated heterocycles. The lowest BCUT2D eigenvalue weighted by Crippen LogP contribution is -2.23. The summed E-state index contributed by atoms with van der Waals surface area (Å²) < 4.78 is 0. The van der Waals surface area contributed by atoms with Gasteiger partial charge in [-0.05, 0) is 23.6 Å². The van der Waals surface area contributed by atoms with Crippen LogP contribution >= 0.6 is 0 Å². The molecule has 0 aromatic heterocycles. The van der Waals surface area contributed by atoms with Gasteiger partial charge >= 0.3 is 0 Å². The van der Waals surface area contributed by atoms with Gasteiger partial charge in [-0.25, -0.2) is 0 Å². The molecule has 2 rings (SSSR count). The predicted molar refractivity (Wildman–Crippen MR) is 87.8 cm³/mol. The number of hydrogen-bond acceptors (Lipinski definition) is 1. The van der Waals surface area contributed by atoms with E-state index >= 15 is 0 Å². The summed E-state index contributed by atoms with van der Waals surface area (Å²) in [5, 5.41) is 2.84. The first kappa shape index (κ1) is 14.8. The maximum Gasteiger partial charge on any atom is 0.246 e. The second-order valence-corrected chi connectivity index (χ2v) is 4.84. The minimum atomic E-state index is -0.119. The molecule has 0 atom stereocenters. The molecule has 0 spiro atoms. The fourth-order valence-electron chi connectivity index (χ4n) is 2.03. The molecule has 2 heteroatoms. The maximum absolute atomic E-state index is 11.6. The highest BCUT2D eigenvalue weighted by molar-refractivity contribution is 5.92. The van der Waals surface area contributed by atoms with E-state index in [0.717, 1.165) is 16.7 Å². The van der Waals surface area contributed by atoms with E-state index in [-0.39, 0.29) is 5.91 Å². The molecule has 1 amide bonds. The Hall–Kier alpha value is -2.61. The zero-order valence-electron chi connectivity index (χ0n) is 12.2. The number of carbonyl (C=O) groups is 1. The van der Waals surface area contributed by atoms with Gasteiger partial charge < -0.3 is 5.32 Å². The first-order valence-corrected chi connectivity index (χ1v) is 6.93. The van der Waals surface area contributed by atoms with Gasteiger partial charge in [0, 0.05) is 12.1 Å². The van der Waals surface area contributed by atoms with Crippen molar-refractivity contribution in [3.63, 3.8) is 0 Å². The number of nitrogens with one attached hydrogen (secondary N) is 1. The van der Waals surface area contributed by atoms with Crippen LogP contribution in [0.3, 0.4) is 0 Å². The Bertz CT molecular complexity index is 600. The number of benzene rings is 2. The Morgan fingerprint density at radius 2 is 1.48 bits per heavy atom. The van der Waals surface area contributed by atoms with Gasteiger partial charge in [-0.1, -0.05) is 73.3 Å². The number of amides is 1. The average Bonchev–Trinajstić information content (AvgIpc) is 2.53. The highest BCUT2D eigenvalue weighted by Crippen LogP contribution is 2.22. The summed E-state index contributed by atoms with van der Waals surface area (Å²) in [6.45, 7) is 5.82. The third-order valence-electron chi connectivity index (χ3n) is 3.13. The summed E-state index contributed by atoms with van der Waals surface area (Å²) in [5.41, 5.74) is 3.89. The molecule has 0 saturated carbocycles.